The Bertz CT molecular complexity index is 644. The number of rotatable bonds is 5. The maximum absolute atomic E-state index is 12.3. The van der Waals surface area contributed by atoms with E-state index in [0.29, 0.717) is 5.56 Å². The largest absolute Gasteiger partial charge is 0.397 e. The second kappa shape index (κ2) is 6.64. The number of hydrogen-bond acceptors (Lipinski definition) is 4. The molecular weight excluding hydrogens is 314 g/mol. The van der Waals surface area contributed by atoms with Crippen molar-refractivity contribution in [1.29, 1.82) is 0 Å². The van der Waals surface area contributed by atoms with Gasteiger partial charge in [0, 0.05) is 6.04 Å². The van der Waals surface area contributed by atoms with Crippen molar-refractivity contribution < 1.29 is 13.2 Å². The lowest BCUT2D eigenvalue weighted by Gasteiger charge is -2.17. The van der Waals surface area contributed by atoms with Gasteiger partial charge in [0.05, 0.1) is 21.6 Å². The number of sulfonamides is 1. The predicted molar refractivity (Wildman–Crippen MR) is 83.7 cm³/mol. The number of nitrogens with one attached hydrogen (secondary N) is 2. The Morgan fingerprint density at radius 2 is 1.86 bits per heavy atom. The van der Waals surface area contributed by atoms with Crippen molar-refractivity contribution in [2.24, 2.45) is 0 Å². The number of anilines is 1. The van der Waals surface area contributed by atoms with E-state index in [-0.39, 0.29) is 21.6 Å². The molecule has 118 valence electrons. The Hall–Kier alpha value is -1.31. The summed E-state index contributed by atoms with van der Waals surface area (Å²) < 4.78 is 27.0. The minimum absolute atomic E-state index is 0.00796. The zero-order valence-corrected chi connectivity index (χ0v) is 14.0. The number of aryl methyl sites for hydroxylation is 1. The SMILES string of the molecule is Cc1cc(Cl)c(N)cc1S(=O)(=O)NC(C)C(=O)NC(C)C. The highest BCUT2D eigenvalue weighted by Crippen LogP contribution is 2.26. The molecule has 0 radical (unpaired) electrons. The third kappa shape index (κ3) is 4.59. The van der Waals surface area contributed by atoms with E-state index in [1.807, 2.05) is 0 Å². The van der Waals surface area contributed by atoms with Gasteiger partial charge in [0.1, 0.15) is 0 Å². The topological polar surface area (TPSA) is 101 Å². The third-order valence-electron chi connectivity index (χ3n) is 2.74. The van der Waals surface area contributed by atoms with Crippen LogP contribution in [0.25, 0.3) is 0 Å². The molecule has 1 amide bonds. The summed E-state index contributed by atoms with van der Waals surface area (Å²) in [5, 5.41) is 2.93. The number of nitrogens with two attached hydrogens (primary N) is 1. The normalized spacial score (nSPS) is 13.2. The molecule has 1 rings (SSSR count). The van der Waals surface area contributed by atoms with E-state index in [0.717, 1.165) is 0 Å². The first-order valence-corrected chi connectivity index (χ1v) is 8.29. The van der Waals surface area contributed by atoms with Gasteiger partial charge in [-0.25, -0.2) is 8.42 Å². The zero-order valence-electron chi connectivity index (χ0n) is 12.4. The molecule has 0 aromatic heterocycles. The fourth-order valence-corrected chi connectivity index (χ4v) is 3.40. The molecule has 0 saturated carbocycles. The molecule has 0 aliphatic heterocycles. The van der Waals surface area contributed by atoms with Gasteiger partial charge in [0.2, 0.25) is 15.9 Å². The Balaban J connectivity index is 3.02. The van der Waals surface area contributed by atoms with E-state index in [2.05, 4.69) is 10.0 Å². The number of carbonyl (C=O) groups excluding carboxylic acids is 1. The molecule has 6 nitrogen and oxygen atoms in total. The molecule has 0 saturated heterocycles. The van der Waals surface area contributed by atoms with Crippen LogP contribution in [0.15, 0.2) is 17.0 Å². The lowest BCUT2D eigenvalue weighted by Crippen LogP contribution is -2.46. The van der Waals surface area contributed by atoms with Crippen molar-refractivity contribution >= 4 is 33.2 Å². The van der Waals surface area contributed by atoms with Crippen molar-refractivity contribution in [2.75, 3.05) is 5.73 Å². The molecule has 4 N–H and O–H groups in total. The molecule has 0 bridgehead atoms. The molecule has 1 aromatic rings. The van der Waals surface area contributed by atoms with Crippen LogP contribution in [-0.4, -0.2) is 26.4 Å². The summed E-state index contributed by atoms with van der Waals surface area (Å²) in [5.41, 5.74) is 6.26. The van der Waals surface area contributed by atoms with Crippen molar-refractivity contribution in [3.8, 4) is 0 Å². The Labute approximate surface area is 130 Å². The summed E-state index contributed by atoms with van der Waals surface area (Å²) in [7, 11) is -3.86. The fraction of sp³-hybridized carbons (Fsp3) is 0.462. The van der Waals surface area contributed by atoms with E-state index in [4.69, 9.17) is 17.3 Å². The Morgan fingerprint density at radius 3 is 2.38 bits per heavy atom. The first-order chi connectivity index (χ1) is 9.54. The van der Waals surface area contributed by atoms with E-state index in [9.17, 15) is 13.2 Å². The van der Waals surface area contributed by atoms with Crippen LogP contribution in [0, 0.1) is 6.92 Å². The van der Waals surface area contributed by atoms with E-state index in [1.165, 1.54) is 19.1 Å². The van der Waals surface area contributed by atoms with Crippen LogP contribution >= 0.6 is 11.6 Å². The number of carbonyl (C=O) groups is 1. The van der Waals surface area contributed by atoms with Gasteiger partial charge in [-0.05, 0) is 45.4 Å². The fourth-order valence-electron chi connectivity index (χ4n) is 1.72. The van der Waals surface area contributed by atoms with Crippen molar-refractivity contribution in [2.45, 2.75) is 44.7 Å². The van der Waals surface area contributed by atoms with Gasteiger partial charge < -0.3 is 11.1 Å². The molecule has 0 spiro atoms. The summed E-state index contributed by atoms with van der Waals surface area (Å²) in [5.74, 6) is -0.395. The quantitative estimate of drug-likeness (QED) is 0.709. The zero-order chi connectivity index (χ0) is 16.4. The maximum Gasteiger partial charge on any atom is 0.241 e. The molecule has 8 heteroatoms. The molecule has 0 heterocycles. The monoisotopic (exact) mass is 333 g/mol. The van der Waals surface area contributed by atoms with Crippen molar-refractivity contribution in [3.63, 3.8) is 0 Å². The third-order valence-corrected chi connectivity index (χ3v) is 4.75. The summed E-state index contributed by atoms with van der Waals surface area (Å²) in [6.45, 7) is 6.68. The predicted octanol–water partition coefficient (Wildman–Crippen LogP) is 1.42. The van der Waals surface area contributed by atoms with Crippen molar-refractivity contribution in [1.82, 2.24) is 10.0 Å². The number of nitrogen functional groups attached to an aromatic ring is 1. The Kier molecular flexibility index (Phi) is 5.61. The molecule has 1 atom stereocenters. The first kappa shape index (κ1) is 17.7. The van der Waals surface area contributed by atoms with Crippen LogP contribution in [0.1, 0.15) is 26.3 Å². The molecule has 0 aliphatic rings. The highest BCUT2D eigenvalue weighted by molar-refractivity contribution is 7.89. The second-order valence-corrected chi connectivity index (χ2v) is 7.24. The van der Waals surface area contributed by atoms with Crippen LogP contribution in [0.3, 0.4) is 0 Å². The average molecular weight is 334 g/mol. The molecule has 1 unspecified atom stereocenters. The number of benzene rings is 1. The lowest BCUT2D eigenvalue weighted by molar-refractivity contribution is -0.122. The van der Waals surface area contributed by atoms with Crippen LogP contribution in [-0.2, 0) is 14.8 Å². The first-order valence-electron chi connectivity index (χ1n) is 6.43. The summed E-state index contributed by atoms with van der Waals surface area (Å²) in [6, 6.07) is 1.79. The van der Waals surface area contributed by atoms with Crippen molar-refractivity contribution in [3.05, 3.63) is 22.7 Å². The lowest BCUT2D eigenvalue weighted by atomic mass is 10.2. The molecule has 0 aliphatic carbocycles. The number of amides is 1. The standard InChI is InChI=1S/C13H20ClN3O3S/c1-7(2)16-13(18)9(4)17-21(19,20)12-6-11(15)10(14)5-8(12)3/h5-7,9,17H,15H2,1-4H3,(H,16,18). The number of halogens is 1. The van der Waals surface area contributed by atoms with Crippen LogP contribution in [0.2, 0.25) is 5.02 Å². The minimum Gasteiger partial charge on any atom is -0.397 e. The summed E-state index contributed by atoms with van der Waals surface area (Å²) >= 11 is 5.85. The Morgan fingerprint density at radius 1 is 1.29 bits per heavy atom. The van der Waals surface area contributed by atoms with E-state index >= 15 is 0 Å². The highest BCUT2D eigenvalue weighted by Gasteiger charge is 2.24. The minimum atomic E-state index is -3.86. The number of hydrogen-bond donors (Lipinski definition) is 3. The molecule has 1 aromatic carbocycles. The van der Waals surface area contributed by atoms with Gasteiger partial charge in [-0.15, -0.1) is 0 Å². The molecule has 21 heavy (non-hydrogen) atoms. The van der Waals surface area contributed by atoms with Crippen LogP contribution < -0.4 is 15.8 Å². The maximum atomic E-state index is 12.3. The molecule has 0 fully saturated rings. The van der Waals surface area contributed by atoms with Crippen LogP contribution in [0.5, 0.6) is 0 Å². The molecular formula is C13H20ClN3O3S. The highest BCUT2D eigenvalue weighted by atomic mass is 35.5. The van der Waals surface area contributed by atoms with Crippen LogP contribution in [0.4, 0.5) is 5.69 Å². The van der Waals surface area contributed by atoms with Gasteiger partial charge in [-0.2, -0.15) is 4.72 Å². The summed E-state index contributed by atoms with van der Waals surface area (Å²) in [4.78, 5) is 11.8. The summed E-state index contributed by atoms with van der Waals surface area (Å²) in [6.07, 6.45) is 0. The van der Waals surface area contributed by atoms with Gasteiger partial charge in [0.25, 0.3) is 0 Å². The van der Waals surface area contributed by atoms with E-state index in [1.54, 1.807) is 20.8 Å². The van der Waals surface area contributed by atoms with E-state index < -0.39 is 22.0 Å². The van der Waals surface area contributed by atoms with Gasteiger partial charge >= 0.3 is 0 Å². The second-order valence-electron chi connectivity index (χ2n) is 5.15. The average Bonchev–Trinajstić information content (AvgIpc) is 2.32. The van der Waals surface area contributed by atoms with Gasteiger partial charge in [-0.1, -0.05) is 11.6 Å². The van der Waals surface area contributed by atoms with Gasteiger partial charge in [-0.3, -0.25) is 4.79 Å². The van der Waals surface area contributed by atoms with Gasteiger partial charge in [0.15, 0.2) is 0 Å². The smallest absolute Gasteiger partial charge is 0.241 e.